The van der Waals surface area contributed by atoms with E-state index in [2.05, 4.69) is 48.0 Å². The van der Waals surface area contributed by atoms with Crippen LogP contribution in [0.4, 0.5) is 0 Å². The second kappa shape index (κ2) is 7.32. The molecule has 2 aromatic rings. The monoisotopic (exact) mass is 368 g/mol. The predicted molar refractivity (Wildman–Crippen MR) is 93.3 cm³/mol. The van der Waals surface area contributed by atoms with Gasteiger partial charge < -0.3 is 9.47 Å². The van der Waals surface area contributed by atoms with E-state index in [1.165, 1.54) is 20.9 Å². The molecule has 0 aliphatic carbocycles. The van der Waals surface area contributed by atoms with Crippen molar-refractivity contribution in [1.82, 2.24) is 0 Å². The van der Waals surface area contributed by atoms with Gasteiger partial charge in [0.25, 0.3) is 0 Å². The molecular weight excluding hydrogens is 348 g/mol. The summed E-state index contributed by atoms with van der Waals surface area (Å²) in [6.07, 6.45) is 0. The lowest BCUT2D eigenvalue weighted by Gasteiger charge is -2.15. The second-order valence-corrected chi connectivity index (χ2v) is 7.18. The van der Waals surface area contributed by atoms with Crippen molar-refractivity contribution in [1.29, 1.82) is 0 Å². The van der Waals surface area contributed by atoms with E-state index in [0.717, 1.165) is 11.5 Å². The van der Waals surface area contributed by atoms with Crippen molar-refractivity contribution < 1.29 is 9.47 Å². The van der Waals surface area contributed by atoms with Crippen molar-refractivity contribution in [2.24, 2.45) is 0 Å². The Kier molecular flexibility index (Phi) is 5.71. The number of alkyl halides is 1. The van der Waals surface area contributed by atoms with Crippen molar-refractivity contribution in [3.63, 3.8) is 0 Å². The molecule has 0 bridgehead atoms. The Morgan fingerprint density at radius 2 is 1.71 bits per heavy atom. The molecule has 0 saturated heterocycles. The number of hydrogen-bond donors (Lipinski definition) is 0. The normalized spacial score (nSPS) is 12.2. The highest BCUT2D eigenvalue weighted by Gasteiger charge is 2.17. The van der Waals surface area contributed by atoms with Crippen LogP contribution in [0.15, 0.2) is 24.3 Å². The summed E-state index contributed by atoms with van der Waals surface area (Å²) in [6, 6.07) is 8.41. The zero-order chi connectivity index (χ0) is 15.4. The summed E-state index contributed by atoms with van der Waals surface area (Å²) in [5, 5.41) is 0. The van der Waals surface area contributed by atoms with Gasteiger partial charge in [0, 0.05) is 9.75 Å². The van der Waals surface area contributed by atoms with Gasteiger partial charge in [-0.05, 0) is 57.0 Å². The Morgan fingerprint density at radius 1 is 1.05 bits per heavy atom. The third-order valence-corrected chi connectivity index (χ3v) is 5.22. The minimum atomic E-state index is 0.178. The third kappa shape index (κ3) is 3.80. The first-order chi connectivity index (χ1) is 10.1. The fourth-order valence-electron chi connectivity index (χ4n) is 2.31. The first-order valence-electron chi connectivity index (χ1n) is 7.17. The van der Waals surface area contributed by atoms with Crippen LogP contribution in [0.1, 0.15) is 39.6 Å². The van der Waals surface area contributed by atoms with Crippen LogP contribution in [-0.4, -0.2) is 13.2 Å². The largest absolute Gasteiger partial charge is 0.490 e. The molecule has 2 rings (SSSR count). The first kappa shape index (κ1) is 16.4. The van der Waals surface area contributed by atoms with E-state index >= 15 is 0 Å². The summed E-state index contributed by atoms with van der Waals surface area (Å²) in [5.41, 5.74) is 2.51. The van der Waals surface area contributed by atoms with Gasteiger partial charge in [0.05, 0.1) is 18.0 Å². The fourth-order valence-corrected chi connectivity index (χ4v) is 4.18. The summed E-state index contributed by atoms with van der Waals surface area (Å²) < 4.78 is 11.3. The van der Waals surface area contributed by atoms with Crippen LogP contribution >= 0.6 is 27.3 Å². The molecule has 0 amide bonds. The SMILES string of the molecule is CCOc1ccc(C(Br)c2cc(C)sc2C)cc1OCC. The van der Waals surface area contributed by atoms with Crippen LogP contribution < -0.4 is 9.47 Å². The van der Waals surface area contributed by atoms with Gasteiger partial charge in [-0.3, -0.25) is 0 Å². The maximum atomic E-state index is 5.71. The molecule has 1 aromatic heterocycles. The molecule has 0 radical (unpaired) electrons. The minimum absolute atomic E-state index is 0.178. The van der Waals surface area contributed by atoms with Gasteiger partial charge in [0.15, 0.2) is 11.5 Å². The highest BCUT2D eigenvalue weighted by Crippen LogP contribution is 2.39. The fraction of sp³-hybridized carbons (Fsp3) is 0.412. The Bertz CT molecular complexity index is 607. The number of halogens is 1. The molecule has 1 unspecified atom stereocenters. The Hall–Kier alpha value is -1.00. The van der Waals surface area contributed by atoms with Crippen molar-refractivity contribution in [3.05, 3.63) is 45.1 Å². The van der Waals surface area contributed by atoms with E-state index in [9.17, 15) is 0 Å². The number of rotatable bonds is 6. The number of aryl methyl sites for hydroxylation is 2. The lowest BCUT2D eigenvalue weighted by molar-refractivity contribution is 0.287. The molecule has 0 aliphatic heterocycles. The number of thiophene rings is 1. The Morgan fingerprint density at radius 3 is 2.29 bits per heavy atom. The van der Waals surface area contributed by atoms with Crippen molar-refractivity contribution in [2.75, 3.05) is 13.2 Å². The van der Waals surface area contributed by atoms with Crippen molar-refractivity contribution in [3.8, 4) is 11.5 Å². The molecule has 1 heterocycles. The molecule has 0 spiro atoms. The van der Waals surface area contributed by atoms with Gasteiger partial charge >= 0.3 is 0 Å². The molecular formula is C17H21BrO2S. The Labute approximate surface area is 139 Å². The van der Waals surface area contributed by atoms with E-state index in [-0.39, 0.29) is 4.83 Å². The first-order valence-corrected chi connectivity index (χ1v) is 8.90. The zero-order valence-corrected chi connectivity index (χ0v) is 15.3. The van der Waals surface area contributed by atoms with E-state index in [4.69, 9.17) is 9.47 Å². The van der Waals surface area contributed by atoms with Crippen LogP contribution in [0.5, 0.6) is 11.5 Å². The number of ether oxygens (including phenoxy) is 2. The summed E-state index contributed by atoms with van der Waals surface area (Å²) in [5.74, 6) is 1.62. The van der Waals surface area contributed by atoms with Gasteiger partial charge in [-0.2, -0.15) is 0 Å². The highest BCUT2D eigenvalue weighted by molar-refractivity contribution is 9.09. The lowest BCUT2D eigenvalue weighted by Crippen LogP contribution is -2.00. The van der Waals surface area contributed by atoms with E-state index in [1.54, 1.807) is 0 Å². The standard InChI is InChI=1S/C17H21BrO2S/c1-5-19-15-8-7-13(10-16(15)20-6-2)17(18)14-9-11(3)21-12(14)4/h7-10,17H,5-6H2,1-4H3. The average Bonchev–Trinajstić information content (AvgIpc) is 2.79. The predicted octanol–water partition coefficient (Wildman–Crippen LogP) is 5.65. The van der Waals surface area contributed by atoms with E-state index < -0.39 is 0 Å². The van der Waals surface area contributed by atoms with Gasteiger partial charge in [0.1, 0.15) is 0 Å². The van der Waals surface area contributed by atoms with Gasteiger partial charge in [-0.15, -0.1) is 11.3 Å². The molecule has 1 aromatic carbocycles. The molecule has 2 nitrogen and oxygen atoms in total. The molecule has 1 atom stereocenters. The smallest absolute Gasteiger partial charge is 0.161 e. The summed E-state index contributed by atoms with van der Waals surface area (Å²) >= 11 is 5.65. The van der Waals surface area contributed by atoms with Crippen LogP contribution in [0.3, 0.4) is 0 Å². The van der Waals surface area contributed by atoms with Crippen molar-refractivity contribution in [2.45, 2.75) is 32.5 Å². The summed E-state index contributed by atoms with van der Waals surface area (Å²) in [7, 11) is 0. The highest BCUT2D eigenvalue weighted by atomic mass is 79.9. The van der Waals surface area contributed by atoms with E-state index in [1.807, 2.05) is 31.3 Å². The number of hydrogen-bond acceptors (Lipinski definition) is 3. The summed E-state index contributed by atoms with van der Waals surface area (Å²) in [6.45, 7) is 9.55. The third-order valence-electron chi connectivity index (χ3n) is 3.21. The van der Waals surface area contributed by atoms with Crippen LogP contribution in [0.25, 0.3) is 0 Å². The molecule has 0 fully saturated rings. The van der Waals surface area contributed by atoms with Gasteiger partial charge in [0.2, 0.25) is 0 Å². The molecule has 0 saturated carbocycles. The minimum Gasteiger partial charge on any atom is -0.490 e. The quantitative estimate of drug-likeness (QED) is 0.613. The van der Waals surface area contributed by atoms with Crippen molar-refractivity contribution >= 4 is 27.3 Å². The Balaban J connectivity index is 2.35. The lowest BCUT2D eigenvalue weighted by atomic mass is 10.0. The molecule has 0 aliphatic rings. The van der Waals surface area contributed by atoms with Crippen LogP contribution in [-0.2, 0) is 0 Å². The molecule has 114 valence electrons. The van der Waals surface area contributed by atoms with Crippen LogP contribution in [0, 0.1) is 13.8 Å². The zero-order valence-electron chi connectivity index (χ0n) is 12.9. The maximum absolute atomic E-state index is 5.71. The second-order valence-electron chi connectivity index (χ2n) is 4.80. The topological polar surface area (TPSA) is 18.5 Å². The number of benzene rings is 1. The molecule has 0 N–H and O–H groups in total. The van der Waals surface area contributed by atoms with E-state index in [0.29, 0.717) is 13.2 Å². The van der Waals surface area contributed by atoms with Gasteiger partial charge in [-0.25, -0.2) is 0 Å². The maximum Gasteiger partial charge on any atom is 0.161 e. The van der Waals surface area contributed by atoms with Gasteiger partial charge in [-0.1, -0.05) is 22.0 Å². The molecule has 21 heavy (non-hydrogen) atoms. The summed E-state index contributed by atoms with van der Waals surface area (Å²) in [4.78, 5) is 2.86. The van der Waals surface area contributed by atoms with Crippen LogP contribution in [0.2, 0.25) is 0 Å². The molecule has 4 heteroatoms. The average molecular weight is 369 g/mol.